The Kier molecular flexibility index (Phi) is 5.16. The molecular formula is C18H13Cl2N3O2. The summed E-state index contributed by atoms with van der Waals surface area (Å²) in [5.41, 5.74) is 1.61. The van der Waals surface area contributed by atoms with E-state index in [1.165, 1.54) is 19.5 Å². The number of carbonyl (C=O) groups is 1. The molecule has 5 nitrogen and oxygen atoms in total. The van der Waals surface area contributed by atoms with E-state index in [1.54, 1.807) is 30.3 Å². The van der Waals surface area contributed by atoms with Crippen molar-refractivity contribution < 1.29 is 9.53 Å². The molecule has 0 radical (unpaired) electrons. The summed E-state index contributed by atoms with van der Waals surface area (Å²) in [6.45, 7) is 0. The van der Waals surface area contributed by atoms with Crippen LogP contribution in [0.15, 0.2) is 54.9 Å². The van der Waals surface area contributed by atoms with Crippen LogP contribution in [-0.2, 0) is 0 Å². The molecule has 25 heavy (non-hydrogen) atoms. The Bertz CT molecular complexity index is 897. The molecule has 0 saturated carbocycles. The van der Waals surface area contributed by atoms with Gasteiger partial charge in [-0.2, -0.15) is 0 Å². The largest absolute Gasteiger partial charge is 0.495 e. The minimum atomic E-state index is -0.358. The molecule has 2 aromatic carbocycles. The maximum Gasteiger partial charge on any atom is 0.258 e. The fourth-order valence-electron chi connectivity index (χ4n) is 2.17. The molecule has 0 unspecified atom stereocenters. The minimum Gasteiger partial charge on any atom is -0.495 e. The molecule has 0 bridgehead atoms. The second-order valence-corrected chi connectivity index (χ2v) is 5.97. The molecule has 7 heteroatoms. The van der Waals surface area contributed by atoms with Crippen LogP contribution in [0.3, 0.4) is 0 Å². The third kappa shape index (κ3) is 4.07. The minimum absolute atomic E-state index is 0.319. The lowest BCUT2D eigenvalue weighted by atomic mass is 10.2. The Morgan fingerprint density at radius 1 is 1.00 bits per heavy atom. The maximum absolute atomic E-state index is 12.4. The highest BCUT2D eigenvalue weighted by atomic mass is 35.5. The molecule has 0 spiro atoms. The molecule has 0 atom stereocenters. The number of carbonyl (C=O) groups excluding carboxylic acids is 1. The fourth-order valence-corrected chi connectivity index (χ4v) is 2.46. The lowest BCUT2D eigenvalue weighted by Gasteiger charge is -2.10. The highest BCUT2D eigenvalue weighted by molar-refractivity contribution is 6.31. The molecule has 0 aliphatic rings. The summed E-state index contributed by atoms with van der Waals surface area (Å²) in [4.78, 5) is 20.8. The molecule has 0 aliphatic heterocycles. The van der Waals surface area contributed by atoms with Crippen molar-refractivity contribution in [2.24, 2.45) is 0 Å². The van der Waals surface area contributed by atoms with Crippen LogP contribution in [0.4, 0.5) is 5.69 Å². The number of amides is 1. The number of nitrogens with zero attached hydrogens (tertiary/aromatic N) is 2. The summed E-state index contributed by atoms with van der Waals surface area (Å²) in [7, 11) is 1.52. The molecule has 1 heterocycles. The molecule has 0 saturated heterocycles. The van der Waals surface area contributed by atoms with E-state index in [2.05, 4.69) is 15.3 Å². The molecule has 3 rings (SSSR count). The summed E-state index contributed by atoms with van der Waals surface area (Å²) in [6, 6.07) is 12.1. The van der Waals surface area contributed by atoms with Gasteiger partial charge in [-0.1, -0.05) is 23.2 Å². The van der Waals surface area contributed by atoms with E-state index >= 15 is 0 Å². The first kappa shape index (κ1) is 17.2. The Morgan fingerprint density at radius 3 is 2.28 bits per heavy atom. The van der Waals surface area contributed by atoms with Gasteiger partial charge in [0.1, 0.15) is 5.75 Å². The van der Waals surface area contributed by atoms with Gasteiger partial charge < -0.3 is 10.1 Å². The first-order valence-corrected chi connectivity index (χ1v) is 8.05. The summed E-state index contributed by atoms with van der Waals surface area (Å²) in [5, 5.41) is 3.87. The van der Waals surface area contributed by atoms with Crippen LogP contribution in [0.25, 0.3) is 11.4 Å². The average molecular weight is 374 g/mol. The van der Waals surface area contributed by atoms with Crippen molar-refractivity contribution in [1.82, 2.24) is 9.97 Å². The lowest BCUT2D eigenvalue weighted by molar-refractivity contribution is 0.102. The van der Waals surface area contributed by atoms with Crippen molar-refractivity contribution in [3.05, 3.63) is 70.5 Å². The van der Waals surface area contributed by atoms with Crippen LogP contribution in [0, 0.1) is 0 Å². The first-order valence-electron chi connectivity index (χ1n) is 7.29. The van der Waals surface area contributed by atoms with E-state index in [0.717, 1.165) is 5.56 Å². The molecular weight excluding hydrogens is 361 g/mol. The topological polar surface area (TPSA) is 64.1 Å². The van der Waals surface area contributed by atoms with Crippen molar-refractivity contribution in [1.29, 1.82) is 0 Å². The number of methoxy groups -OCH3 is 1. The number of hydrogen-bond donors (Lipinski definition) is 1. The highest BCUT2D eigenvalue weighted by Gasteiger charge is 2.12. The third-order valence-electron chi connectivity index (χ3n) is 3.43. The number of nitrogens with one attached hydrogen (secondary N) is 1. The van der Waals surface area contributed by atoms with E-state index in [9.17, 15) is 4.79 Å². The van der Waals surface area contributed by atoms with Crippen LogP contribution in [0.5, 0.6) is 5.75 Å². The predicted octanol–water partition coefficient (Wildman–Crippen LogP) is 4.71. The summed E-state index contributed by atoms with van der Waals surface area (Å²) in [6.07, 6.45) is 2.92. The number of rotatable bonds is 4. The monoisotopic (exact) mass is 373 g/mol. The molecule has 1 aromatic heterocycles. The van der Waals surface area contributed by atoms with Crippen molar-refractivity contribution in [2.45, 2.75) is 0 Å². The van der Waals surface area contributed by atoms with Crippen molar-refractivity contribution >= 4 is 34.8 Å². The smallest absolute Gasteiger partial charge is 0.258 e. The maximum atomic E-state index is 12.4. The summed E-state index contributed by atoms with van der Waals surface area (Å²) in [5.74, 6) is 0.660. The third-order valence-corrected chi connectivity index (χ3v) is 3.91. The van der Waals surface area contributed by atoms with Gasteiger partial charge in [-0.15, -0.1) is 0 Å². The van der Waals surface area contributed by atoms with Crippen LogP contribution in [0.1, 0.15) is 10.4 Å². The quantitative estimate of drug-likeness (QED) is 0.718. The van der Waals surface area contributed by atoms with Gasteiger partial charge in [0.05, 0.1) is 18.4 Å². The predicted molar refractivity (Wildman–Crippen MR) is 98.4 cm³/mol. The SMILES string of the molecule is COc1ccc(Cl)cc1NC(=O)c1cnc(-c2ccc(Cl)cc2)nc1. The van der Waals surface area contributed by atoms with Crippen molar-refractivity contribution in [3.8, 4) is 17.1 Å². The standard InChI is InChI=1S/C18H13Cl2N3O2/c1-25-16-7-6-14(20)8-15(16)23-18(24)12-9-21-17(22-10-12)11-2-4-13(19)5-3-11/h2-10H,1H3,(H,23,24). The van der Waals surface area contributed by atoms with Gasteiger partial charge in [-0.3, -0.25) is 4.79 Å². The van der Waals surface area contributed by atoms with Crippen LogP contribution in [-0.4, -0.2) is 23.0 Å². The summed E-state index contributed by atoms with van der Waals surface area (Å²) >= 11 is 11.8. The number of halogens is 2. The van der Waals surface area contributed by atoms with E-state index in [4.69, 9.17) is 27.9 Å². The zero-order valence-electron chi connectivity index (χ0n) is 13.2. The normalized spacial score (nSPS) is 10.4. The number of hydrogen-bond acceptors (Lipinski definition) is 4. The second-order valence-electron chi connectivity index (χ2n) is 5.10. The van der Waals surface area contributed by atoms with E-state index in [1.807, 2.05) is 12.1 Å². The lowest BCUT2D eigenvalue weighted by Crippen LogP contribution is -2.13. The van der Waals surface area contributed by atoms with Gasteiger partial charge in [-0.25, -0.2) is 9.97 Å². The highest BCUT2D eigenvalue weighted by Crippen LogP contribution is 2.28. The molecule has 126 valence electrons. The van der Waals surface area contributed by atoms with E-state index in [-0.39, 0.29) is 5.91 Å². The van der Waals surface area contributed by atoms with Crippen LogP contribution < -0.4 is 10.1 Å². The van der Waals surface area contributed by atoms with Gasteiger partial charge in [0, 0.05) is 28.0 Å². The van der Waals surface area contributed by atoms with E-state index < -0.39 is 0 Å². The summed E-state index contributed by atoms with van der Waals surface area (Å²) < 4.78 is 5.21. The van der Waals surface area contributed by atoms with Gasteiger partial charge in [0.15, 0.2) is 5.82 Å². The number of benzene rings is 2. The van der Waals surface area contributed by atoms with Crippen molar-refractivity contribution in [2.75, 3.05) is 12.4 Å². The van der Waals surface area contributed by atoms with Gasteiger partial charge in [0.25, 0.3) is 5.91 Å². The zero-order valence-corrected chi connectivity index (χ0v) is 14.7. The Hall–Kier alpha value is -2.63. The van der Waals surface area contributed by atoms with Crippen LogP contribution in [0.2, 0.25) is 10.0 Å². The van der Waals surface area contributed by atoms with Gasteiger partial charge >= 0.3 is 0 Å². The number of ether oxygens (including phenoxy) is 1. The average Bonchev–Trinajstić information content (AvgIpc) is 2.63. The fraction of sp³-hybridized carbons (Fsp3) is 0.0556. The second kappa shape index (κ2) is 7.51. The number of aromatic nitrogens is 2. The van der Waals surface area contributed by atoms with Gasteiger partial charge in [0.2, 0.25) is 0 Å². The first-order chi connectivity index (χ1) is 12.1. The Balaban J connectivity index is 1.79. The van der Waals surface area contributed by atoms with Crippen LogP contribution >= 0.6 is 23.2 Å². The number of anilines is 1. The molecule has 0 aliphatic carbocycles. The van der Waals surface area contributed by atoms with Gasteiger partial charge in [-0.05, 0) is 42.5 Å². The molecule has 0 fully saturated rings. The molecule has 1 amide bonds. The molecule has 3 aromatic rings. The van der Waals surface area contributed by atoms with Crippen molar-refractivity contribution in [3.63, 3.8) is 0 Å². The zero-order chi connectivity index (χ0) is 17.8. The Labute approximate surface area is 154 Å². The molecule has 1 N–H and O–H groups in total. The Morgan fingerprint density at radius 2 is 1.64 bits per heavy atom. The van der Waals surface area contributed by atoms with E-state index in [0.29, 0.717) is 32.9 Å².